The smallest absolute Gasteiger partial charge is 0.354 e. The summed E-state index contributed by atoms with van der Waals surface area (Å²) < 4.78 is 6.40. The monoisotopic (exact) mass is 240 g/mol. The first-order valence-corrected chi connectivity index (χ1v) is 5.39. The van der Waals surface area contributed by atoms with Gasteiger partial charge in [0.1, 0.15) is 5.69 Å². The highest BCUT2D eigenvalue weighted by Crippen LogP contribution is 2.31. The molecule has 0 fully saturated rings. The minimum Gasteiger partial charge on any atom is -0.464 e. The van der Waals surface area contributed by atoms with Crippen molar-refractivity contribution in [2.45, 2.75) is 0 Å². The van der Waals surface area contributed by atoms with E-state index in [9.17, 15) is 4.79 Å². The first-order valence-electron chi connectivity index (χ1n) is 5.39. The van der Waals surface area contributed by atoms with Crippen LogP contribution in [0.5, 0.6) is 0 Å². The van der Waals surface area contributed by atoms with Crippen LogP contribution in [0.3, 0.4) is 0 Å². The molecule has 0 bridgehead atoms. The van der Waals surface area contributed by atoms with E-state index in [4.69, 9.17) is 11.3 Å². The third-order valence-corrected chi connectivity index (χ3v) is 2.73. The van der Waals surface area contributed by atoms with Crippen molar-refractivity contribution >= 4 is 11.7 Å². The highest BCUT2D eigenvalue weighted by molar-refractivity contribution is 5.91. The molecule has 0 N–H and O–H groups in total. The molecule has 0 aliphatic heterocycles. The lowest BCUT2D eigenvalue weighted by Crippen LogP contribution is -2.06. The van der Waals surface area contributed by atoms with Crippen LogP contribution in [-0.2, 0) is 11.8 Å². The minimum atomic E-state index is -0.385. The van der Waals surface area contributed by atoms with E-state index in [1.807, 2.05) is 24.4 Å². The quantitative estimate of drug-likeness (QED) is 0.597. The predicted molar refractivity (Wildman–Crippen MR) is 68.5 cm³/mol. The lowest BCUT2D eigenvalue weighted by atomic mass is 10.1. The predicted octanol–water partition coefficient (Wildman–Crippen LogP) is 3.03. The number of methoxy groups -OCH3 is 1. The van der Waals surface area contributed by atoms with Crippen molar-refractivity contribution in [2.75, 3.05) is 7.11 Å². The van der Waals surface area contributed by atoms with Crippen LogP contribution >= 0.6 is 0 Å². The van der Waals surface area contributed by atoms with E-state index >= 15 is 0 Å². The number of rotatable bonds is 2. The number of aromatic nitrogens is 1. The van der Waals surface area contributed by atoms with Gasteiger partial charge in [-0.05, 0) is 17.2 Å². The zero-order valence-corrected chi connectivity index (χ0v) is 10.2. The zero-order chi connectivity index (χ0) is 13.1. The standard InChI is InChI=1S/C14H12N2O2/c1-15-12-7-5-4-6-11(12)10-8-13(14(17)18-3)16(2)9-10/h4-9H,2-3H3. The van der Waals surface area contributed by atoms with E-state index in [2.05, 4.69) is 4.85 Å². The van der Waals surface area contributed by atoms with Crippen LogP contribution in [0.4, 0.5) is 5.69 Å². The van der Waals surface area contributed by atoms with E-state index in [1.165, 1.54) is 7.11 Å². The topological polar surface area (TPSA) is 35.6 Å². The van der Waals surface area contributed by atoms with E-state index < -0.39 is 0 Å². The molecule has 0 aliphatic rings. The fraction of sp³-hybridized carbons (Fsp3) is 0.143. The summed E-state index contributed by atoms with van der Waals surface area (Å²) >= 11 is 0. The van der Waals surface area contributed by atoms with Crippen molar-refractivity contribution in [3.05, 3.63) is 53.6 Å². The fourth-order valence-electron chi connectivity index (χ4n) is 1.83. The normalized spacial score (nSPS) is 9.83. The number of ether oxygens (including phenoxy) is 1. The molecule has 4 heteroatoms. The summed E-state index contributed by atoms with van der Waals surface area (Å²) in [5.74, 6) is -0.385. The average Bonchev–Trinajstić information content (AvgIpc) is 2.79. The fourth-order valence-corrected chi connectivity index (χ4v) is 1.83. The molecule has 0 unspecified atom stereocenters. The number of carbonyl (C=O) groups is 1. The summed E-state index contributed by atoms with van der Waals surface area (Å²) in [5.41, 5.74) is 2.69. The van der Waals surface area contributed by atoms with Crippen LogP contribution in [0.2, 0.25) is 0 Å². The van der Waals surface area contributed by atoms with Crippen molar-refractivity contribution in [3.63, 3.8) is 0 Å². The Morgan fingerprint density at radius 1 is 1.39 bits per heavy atom. The zero-order valence-electron chi connectivity index (χ0n) is 10.2. The van der Waals surface area contributed by atoms with Crippen LogP contribution < -0.4 is 0 Å². The second kappa shape index (κ2) is 4.76. The van der Waals surface area contributed by atoms with Gasteiger partial charge in [-0.1, -0.05) is 24.3 Å². The second-order valence-electron chi connectivity index (χ2n) is 3.85. The van der Waals surface area contributed by atoms with Gasteiger partial charge in [0.25, 0.3) is 0 Å². The van der Waals surface area contributed by atoms with E-state index in [1.54, 1.807) is 23.7 Å². The molecule has 0 saturated heterocycles. The lowest BCUT2D eigenvalue weighted by Gasteiger charge is -1.99. The van der Waals surface area contributed by atoms with Gasteiger partial charge in [-0.15, -0.1) is 0 Å². The number of esters is 1. The Labute approximate surface area is 105 Å². The van der Waals surface area contributed by atoms with Crippen molar-refractivity contribution in [1.82, 2.24) is 4.57 Å². The van der Waals surface area contributed by atoms with Crippen LogP contribution in [0.25, 0.3) is 16.0 Å². The van der Waals surface area contributed by atoms with Gasteiger partial charge in [-0.25, -0.2) is 9.64 Å². The molecule has 0 aliphatic carbocycles. The SMILES string of the molecule is [C-]#[N+]c1ccccc1-c1cc(C(=O)OC)n(C)c1. The van der Waals surface area contributed by atoms with Gasteiger partial charge < -0.3 is 9.30 Å². The molecule has 18 heavy (non-hydrogen) atoms. The second-order valence-corrected chi connectivity index (χ2v) is 3.85. The molecule has 2 aromatic rings. The van der Waals surface area contributed by atoms with Crippen LogP contribution in [-0.4, -0.2) is 17.6 Å². The van der Waals surface area contributed by atoms with Crippen molar-refractivity contribution in [2.24, 2.45) is 7.05 Å². The molecular formula is C14H12N2O2. The van der Waals surface area contributed by atoms with Crippen molar-refractivity contribution < 1.29 is 9.53 Å². The first kappa shape index (κ1) is 11.9. The summed E-state index contributed by atoms with van der Waals surface area (Å²) in [7, 11) is 3.12. The largest absolute Gasteiger partial charge is 0.464 e. The van der Waals surface area contributed by atoms with E-state index in [0.717, 1.165) is 11.1 Å². The van der Waals surface area contributed by atoms with Crippen LogP contribution in [0.1, 0.15) is 10.5 Å². The molecule has 4 nitrogen and oxygen atoms in total. The van der Waals surface area contributed by atoms with Crippen LogP contribution in [0.15, 0.2) is 36.5 Å². The van der Waals surface area contributed by atoms with Gasteiger partial charge in [0, 0.05) is 13.2 Å². The molecular weight excluding hydrogens is 228 g/mol. The maximum atomic E-state index is 11.5. The highest BCUT2D eigenvalue weighted by atomic mass is 16.5. The summed E-state index contributed by atoms with van der Waals surface area (Å²) in [5, 5.41) is 0. The average molecular weight is 240 g/mol. The number of carbonyl (C=O) groups excluding carboxylic acids is 1. The Morgan fingerprint density at radius 3 is 2.78 bits per heavy atom. The van der Waals surface area contributed by atoms with Crippen LogP contribution in [0, 0.1) is 6.57 Å². The minimum absolute atomic E-state index is 0.385. The molecule has 1 heterocycles. The third kappa shape index (κ3) is 1.98. The molecule has 1 aromatic carbocycles. The Hall–Kier alpha value is -2.54. The molecule has 0 atom stereocenters. The Morgan fingerprint density at radius 2 is 2.11 bits per heavy atom. The molecule has 0 radical (unpaired) electrons. The summed E-state index contributed by atoms with van der Waals surface area (Å²) in [6.07, 6.45) is 1.82. The maximum absolute atomic E-state index is 11.5. The van der Waals surface area contributed by atoms with Gasteiger partial charge >= 0.3 is 5.97 Å². The van der Waals surface area contributed by atoms with E-state index in [-0.39, 0.29) is 5.97 Å². The van der Waals surface area contributed by atoms with Crippen molar-refractivity contribution in [3.8, 4) is 11.1 Å². The van der Waals surface area contributed by atoms with Gasteiger partial charge in [0.05, 0.1) is 13.7 Å². The van der Waals surface area contributed by atoms with Gasteiger partial charge in [0.15, 0.2) is 5.69 Å². The molecule has 90 valence electrons. The van der Waals surface area contributed by atoms with Gasteiger partial charge in [-0.2, -0.15) is 0 Å². The Kier molecular flexibility index (Phi) is 3.16. The number of para-hydroxylation sites is 1. The number of nitrogens with zero attached hydrogens (tertiary/aromatic N) is 2. The molecule has 0 amide bonds. The van der Waals surface area contributed by atoms with Gasteiger partial charge in [0.2, 0.25) is 0 Å². The summed E-state index contributed by atoms with van der Waals surface area (Å²) in [6, 6.07) is 9.04. The van der Waals surface area contributed by atoms with E-state index in [0.29, 0.717) is 11.4 Å². The summed E-state index contributed by atoms with van der Waals surface area (Å²) in [6.45, 7) is 7.14. The molecule has 0 saturated carbocycles. The molecule has 1 aromatic heterocycles. The summed E-state index contributed by atoms with van der Waals surface area (Å²) in [4.78, 5) is 15.0. The third-order valence-electron chi connectivity index (χ3n) is 2.73. The number of hydrogen-bond donors (Lipinski definition) is 0. The van der Waals surface area contributed by atoms with Crippen molar-refractivity contribution in [1.29, 1.82) is 0 Å². The Balaban J connectivity index is 2.53. The Bertz CT molecular complexity index is 635. The number of benzene rings is 1. The number of aryl methyl sites for hydroxylation is 1. The first-order chi connectivity index (χ1) is 8.67. The maximum Gasteiger partial charge on any atom is 0.354 e. The molecule has 2 rings (SSSR count). The highest BCUT2D eigenvalue weighted by Gasteiger charge is 2.14. The lowest BCUT2D eigenvalue weighted by molar-refractivity contribution is 0.0590. The number of hydrogen-bond acceptors (Lipinski definition) is 2. The van der Waals surface area contributed by atoms with Gasteiger partial charge in [-0.3, -0.25) is 0 Å². The molecule has 0 spiro atoms.